The van der Waals surface area contributed by atoms with Gasteiger partial charge in [-0.3, -0.25) is 4.79 Å². The van der Waals surface area contributed by atoms with E-state index in [1.165, 1.54) is 0 Å². The number of halogens is 3. The number of carboxylic acids is 1. The van der Waals surface area contributed by atoms with Crippen molar-refractivity contribution in [2.75, 3.05) is 0 Å². The number of hydrogen-bond acceptors (Lipinski definition) is 2. The van der Waals surface area contributed by atoms with Gasteiger partial charge in [-0.05, 0) is 23.5 Å². The maximum Gasteiger partial charge on any atom is 0.391 e. The summed E-state index contributed by atoms with van der Waals surface area (Å²) in [5.41, 5.74) is 1.84. The number of carbonyl (C=O) groups excluding carboxylic acids is 1. The van der Waals surface area contributed by atoms with Crippen molar-refractivity contribution in [3.05, 3.63) is 71.8 Å². The minimum atomic E-state index is -4.68. The normalized spacial score (nSPS) is 13.6. The average Bonchev–Trinajstić information content (AvgIpc) is 2.61. The molecule has 144 valence electrons. The Hall–Kier alpha value is -2.83. The maximum absolute atomic E-state index is 12.5. The highest BCUT2D eigenvalue weighted by Gasteiger charge is 2.36. The second-order valence-corrected chi connectivity index (χ2v) is 6.28. The maximum atomic E-state index is 12.5. The first-order valence-corrected chi connectivity index (χ1v) is 8.42. The molecule has 2 aromatic rings. The van der Waals surface area contributed by atoms with Crippen LogP contribution in [0.15, 0.2) is 60.7 Å². The fourth-order valence-electron chi connectivity index (χ4n) is 2.84. The average molecular weight is 379 g/mol. The minimum Gasteiger partial charge on any atom is -0.480 e. The molecule has 0 aliphatic heterocycles. The van der Waals surface area contributed by atoms with Crippen LogP contribution in [0.5, 0.6) is 0 Å². The molecule has 0 bridgehead atoms. The summed E-state index contributed by atoms with van der Waals surface area (Å²) in [6.07, 6.45) is -5.89. The lowest BCUT2D eigenvalue weighted by Crippen LogP contribution is -2.44. The lowest BCUT2D eigenvalue weighted by molar-refractivity contribution is -0.160. The number of benzene rings is 2. The zero-order valence-corrected chi connectivity index (χ0v) is 14.4. The zero-order valence-electron chi connectivity index (χ0n) is 14.4. The molecule has 0 saturated heterocycles. The number of rotatable bonds is 8. The molecule has 4 nitrogen and oxygen atoms in total. The number of hydrogen-bond donors (Lipinski definition) is 2. The Balaban J connectivity index is 2.11. The number of carboxylic acid groups (broad SMARTS) is 1. The smallest absolute Gasteiger partial charge is 0.391 e. The number of carbonyl (C=O) groups is 2. The van der Waals surface area contributed by atoms with Crippen LogP contribution >= 0.6 is 0 Å². The fourth-order valence-corrected chi connectivity index (χ4v) is 2.84. The van der Waals surface area contributed by atoms with Crippen LogP contribution in [-0.2, 0) is 16.0 Å². The van der Waals surface area contributed by atoms with Gasteiger partial charge in [-0.15, -0.1) is 0 Å². The Morgan fingerprint density at radius 1 is 0.963 bits per heavy atom. The number of aliphatic carboxylic acids is 1. The molecule has 0 aliphatic carbocycles. The van der Waals surface area contributed by atoms with Crippen LogP contribution < -0.4 is 5.32 Å². The third kappa shape index (κ3) is 7.13. The largest absolute Gasteiger partial charge is 0.480 e. The van der Waals surface area contributed by atoms with Crippen LogP contribution in [0.2, 0.25) is 0 Å². The summed E-state index contributed by atoms with van der Waals surface area (Å²) in [6.45, 7) is 0. The third-order valence-electron chi connectivity index (χ3n) is 4.10. The van der Waals surface area contributed by atoms with Crippen molar-refractivity contribution in [2.45, 2.75) is 37.4 Å². The molecule has 0 radical (unpaired) electrons. The van der Waals surface area contributed by atoms with E-state index < -0.39 is 30.5 Å². The van der Waals surface area contributed by atoms with E-state index in [-0.39, 0.29) is 12.3 Å². The first kappa shape index (κ1) is 20.5. The van der Waals surface area contributed by atoms with Gasteiger partial charge in [0.1, 0.15) is 6.04 Å². The van der Waals surface area contributed by atoms with E-state index in [1.54, 1.807) is 0 Å². The van der Waals surface area contributed by atoms with Crippen LogP contribution in [0.3, 0.4) is 0 Å². The molecule has 0 saturated carbocycles. The summed E-state index contributed by atoms with van der Waals surface area (Å²) >= 11 is 0. The second kappa shape index (κ2) is 9.21. The van der Waals surface area contributed by atoms with E-state index in [0.717, 1.165) is 11.1 Å². The van der Waals surface area contributed by atoms with E-state index >= 15 is 0 Å². The van der Waals surface area contributed by atoms with Crippen molar-refractivity contribution in [2.24, 2.45) is 0 Å². The van der Waals surface area contributed by atoms with Crippen LogP contribution in [0.4, 0.5) is 13.2 Å². The van der Waals surface area contributed by atoms with Gasteiger partial charge in [0.05, 0.1) is 6.42 Å². The predicted octanol–water partition coefficient (Wildman–Crippen LogP) is 3.92. The monoisotopic (exact) mass is 379 g/mol. The fraction of sp³-hybridized carbons (Fsp3) is 0.300. The van der Waals surface area contributed by atoms with Gasteiger partial charge >= 0.3 is 12.1 Å². The van der Waals surface area contributed by atoms with Gasteiger partial charge in [0, 0.05) is 6.42 Å². The summed E-state index contributed by atoms with van der Waals surface area (Å²) in [7, 11) is 0. The van der Waals surface area contributed by atoms with Crippen molar-refractivity contribution in [1.82, 2.24) is 5.32 Å². The van der Waals surface area contributed by atoms with Gasteiger partial charge in [0.25, 0.3) is 0 Å². The third-order valence-corrected chi connectivity index (χ3v) is 4.10. The van der Waals surface area contributed by atoms with Crippen molar-refractivity contribution >= 4 is 11.9 Å². The molecule has 0 spiro atoms. The van der Waals surface area contributed by atoms with Crippen LogP contribution in [0.25, 0.3) is 0 Å². The molecule has 0 fully saturated rings. The molecular formula is C20H20F3NO3. The first-order valence-electron chi connectivity index (χ1n) is 8.42. The Morgan fingerprint density at radius 2 is 1.52 bits per heavy atom. The number of alkyl halides is 3. The van der Waals surface area contributed by atoms with E-state index in [1.807, 2.05) is 66.0 Å². The highest BCUT2D eigenvalue weighted by molar-refractivity contribution is 5.84. The van der Waals surface area contributed by atoms with Gasteiger partial charge in [-0.1, -0.05) is 60.7 Å². The van der Waals surface area contributed by atoms with Gasteiger partial charge in [0.2, 0.25) is 5.91 Å². The summed E-state index contributed by atoms with van der Waals surface area (Å²) in [5, 5.41) is 11.0. The Labute approximate surface area is 155 Å². The first-order chi connectivity index (χ1) is 12.7. The second-order valence-electron chi connectivity index (χ2n) is 6.28. The minimum absolute atomic E-state index is 0.111. The Bertz CT molecular complexity index is 748. The van der Waals surface area contributed by atoms with E-state index in [9.17, 15) is 22.8 Å². The molecule has 27 heavy (non-hydrogen) atoms. The Morgan fingerprint density at radius 3 is 2.04 bits per heavy atom. The van der Waals surface area contributed by atoms with Crippen LogP contribution in [0, 0.1) is 0 Å². The van der Waals surface area contributed by atoms with Crippen molar-refractivity contribution in [3.63, 3.8) is 0 Å². The molecule has 2 aromatic carbocycles. The summed E-state index contributed by atoms with van der Waals surface area (Å²) < 4.78 is 37.6. The molecule has 2 N–H and O–H groups in total. The predicted molar refractivity (Wildman–Crippen MR) is 94.2 cm³/mol. The van der Waals surface area contributed by atoms with Crippen molar-refractivity contribution in [3.8, 4) is 0 Å². The molecule has 2 rings (SSSR count). The standard InChI is InChI=1S/C20H20F3NO3/c21-20(22,23)13-17(19(26)27)24-18(25)12-16(15-9-5-2-6-10-15)11-14-7-3-1-4-8-14/h1-10,16-17H,11-13H2,(H,24,25)(H,26,27). The highest BCUT2D eigenvalue weighted by atomic mass is 19.4. The van der Waals surface area contributed by atoms with Gasteiger partial charge in [-0.2, -0.15) is 13.2 Å². The van der Waals surface area contributed by atoms with E-state index in [2.05, 4.69) is 0 Å². The van der Waals surface area contributed by atoms with Gasteiger partial charge in [-0.25, -0.2) is 4.79 Å². The quantitative estimate of drug-likeness (QED) is 0.731. The van der Waals surface area contributed by atoms with Crippen LogP contribution in [-0.4, -0.2) is 29.2 Å². The molecular weight excluding hydrogens is 359 g/mol. The molecule has 0 heterocycles. The SMILES string of the molecule is O=C(CC(Cc1ccccc1)c1ccccc1)NC(CC(F)(F)F)C(=O)O. The molecule has 0 aliphatic rings. The summed E-state index contributed by atoms with van der Waals surface area (Å²) in [4.78, 5) is 23.3. The molecule has 1 amide bonds. The Kier molecular flexibility index (Phi) is 6.98. The van der Waals surface area contributed by atoms with Gasteiger partial charge < -0.3 is 10.4 Å². The van der Waals surface area contributed by atoms with Crippen LogP contribution in [0.1, 0.15) is 29.9 Å². The van der Waals surface area contributed by atoms with E-state index in [0.29, 0.717) is 6.42 Å². The van der Waals surface area contributed by atoms with Gasteiger partial charge in [0.15, 0.2) is 0 Å². The van der Waals surface area contributed by atoms with E-state index in [4.69, 9.17) is 5.11 Å². The number of nitrogens with one attached hydrogen (secondary N) is 1. The lowest BCUT2D eigenvalue weighted by atomic mass is 9.89. The summed E-state index contributed by atoms with van der Waals surface area (Å²) in [6, 6.07) is 16.5. The lowest BCUT2D eigenvalue weighted by Gasteiger charge is -2.20. The highest BCUT2D eigenvalue weighted by Crippen LogP contribution is 2.25. The molecule has 0 aromatic heterocycles. The molecule has 2 unspecified atom stereocenters. The number of amides is 1. The zero-order chi connectivity index (χ0) is 19.9. The van der Waals surface area contributed by atoms with Crippen molar-refractivity contribution in [1.29, 1.82) is 0 Å². The molecule has 2 atom stereocenters. The summed E-state index contributed by atoms with van der Waals surface area (Å²) in [5.74, 6) is -2.72. The molecule has 7 heteroatoms. The van der Waals surface area contributed by atoms with Crippen molar-refractivity contribution < 1.29 is 27.9 Å². The topological polar surface area (TPSA) is 66.4 Å².